The average Bonchev–Trinajstić information content (AvgIpc) is 3.24. The highest BCUT2D eigenvalue weighted by Gasteiger charge is 2.24. The van der Waals surface area contributed by atoms with Crippen LogP contribution in [0.3, 0.4) is 0 Å². The Morgan fingerprint density at radius 3 is 2.71 bits per heavy atom. The average molecular weight is 412 g/mol. The molecule has 6 nitrogen and oxygen atoms in total. The molecule has 0 saturated heterocycles. The molecule has 6 heteroatoms. The molecule has 0 radical (unpaired) electrons. The molecule has 1 N–H and O–H groups in total. The number of amides is 1. The number of rotatable bonds is 5. The molecule has 1 aromatic carbocycles. The molecule has 2 atom stereocenters. The molecular weight excluding hydrogens is 386 g/mol. The first-order chi connectivity index (χ1) is 15.2. The molecule has 1 fully saturated rings. The van der Waals surface area contributed by atoms with Gasteiger partial charge in [-0.3, -0.25) is 9.78 Å². The van der Waals surface area contributed by atoms with Gasteiger partial charge in [-0.2, -0.15) is 10.4 Å². The molecule has 2 aromatic heterocycles. The van der Waals surface area contributed by atoms with Gasteiger partial charge in [0.1, 0.15) is 17.3 Å². The second kappa shape index (κ2) is 9.40. The van der Waals surface area contributed by atoms with Gasteiger partial charge in [0.05, 0.1) is 5.69 Å². The van der Waals surface area contributed by atoms with Crippen LogP contribution in [0.5, 0.6) is 0 Å². The van der Waals surface area contributed by atoms with Crippen LogP contribution >= 0.6 is 0 Å². The zero-order valence-corrected chi connectivity index (χ0v) is 17.5. The summed E-state index contributed by atoms with van der Waals surface area (Å²) in [6, 6.07) is 15.7. The Kier molecular flexibility index (Phi) is 6.23. The van der Waals surface area contributed by atoms with Crippen LogP contribution in [0.2, 0.25) is 0 Å². The van der Waals surface area contributed by atoms with E-state index in [2.05, 4.69) is 23.3 Å². The summed E-state index contributed by atoms with van der Waals surface area (Å²) >= 11 is 0. The van der Waals surface area contributed by atoms with Gasteiger partial charge in [0.15, 0.2) is 0 Å². The summed E-state index contributed by atoms with van der Waals surface area (Å²) in [7, 11) is 0. The van der Waals surface area contributed by atoms with Crippen molar-refractivity contribution < 1.29 is 4.79 Å². The van der Waals surface area contributed by atoms with E-state index in [9.17, 15) is 10.1 Å². The molecule has 1 aliphatic carbocycles. The van der Waals surface area contributed by atoms with Crippen LogP contribution in [0.15, 0.2) is 66.6 Å². The first-order valence-corrected chi connectivity index (χ1v) is 10.6. The van der Waals surface area contributed by atoms with Crippen molar-refractivity contribution in [2.75, 3.05) is 0 Å². The summed E-state index contributed by atoms with van der Waals surface area (Å²) < 4.78 is 1.75. The molecular formula is C25H25N5O. The Morgan fingerprint density at radius 1 is 1.19 bits per heavy atom. The smallest absolute Gasteiger partial charge is 0.262 e. The second-order valence-electron chi connectivity index (χ2n) is 7.97. The monoisotopic (exact) mass is 411 g/mol. The number of nitrogens with one attached hydrogen (secondary N) is 1. The minimum absolute atomic E-state index is 0.0792. The van der Waals surface area contributed by atoms with Crippen LogP contribution in [-0.4, -0.2) is 26.7 Å². The van der Waals surface area contributed by atoms with Crippen molar-refractivity contribution in [2.24, 2.45) is 5.92 Å². The maximum absolute atomic E-state index is 12.9. The fourth-order valence-electron chi connectivity index (χ4n) is 4.01. The van der Waals surface area contributed by atoms with Crippen LogP contribution in [-0.2, 0) is 4.79 Å². The molecule has 31 heavy (non-hydrogen) atoms. The predicted octanol–water partition coefficient (Wildman–Crippen LogP) is 4.54. The van der Waals surface area contributed by atoms with Crippen LogP contribution in [0.25, 0.3) is 23.0 Å². The van der Waals surface area contributed by atoms with E-state index in [0.29, 0.717) is 17.2 Å². The molecule has 0 bridgehead atoms. The number of hydrogen-bond acceptors (Lipinski definition) is 4. The quantitative estimate of drug-likeness (QED) is 0.494. The Labute approximate surface area is 182 Å². The first-order valence-electron chi connectivity index (χ1n) is 10.6. The van der Waals surface area contributed by atoms with Crippen molar-refractivity contribution in [1.29, 1.82) is 5.26 Å². The van der Waals surface area contributed by atoms with Gasteiger partial charge < -0.3 is 5.32 Å². The third-order valence-electron chi connectivity index (χ3n) is 5.79. The van der Waals surface area contributed by atoms with Gasteiger partial charge in [0.2, 0.25) is 0 Å². The molecule has 2 heterocycles. The summed E-state index contributed by atoms with van der Waals surface area (Å²) in [5.41, 5.74) is 3.16. The molecule has 1 amide bonds. The maximum Gasteiger partial charge on any atom is 0.262 e. The van der Waals surface area contributed by atoms with E-state index in [1.54, 1.807) is 23.2 Å². The van der Waals surface area contributed by atoms with E-state index in [0.717, 1.165) is 30.5 Å². The fourth-order valence-corrected chi connectivity index (χ4v) is 4.01. The van der Waals surface area contributed by atoms with Gasteiger partial charge in [0.25, 0.3) is 5.91 Å². The van der Waals surface area contributed by atoms with Gasteiger partial charge in [-0.25, -0.2) is 4.68 Å². The summed E-state index contributed by atoms with van der Waals surface area (Å²) in [5.74, 6) is 0.0928. The van der Waals surface area contributed by atoms with Crippen LogP contribution < -0.4 is 5.32 Å². The number of para-hydroxylation sites is 1. The molecule has 0 spiro atoms. The third kappa shape index (κ3) is 4.72. The number of nitriles is 1. The van der Waals surface area contributed by atoms with Crippen molar-refractivity contribution >= 4 is 12.0 Å². The van der Waals surface area contributed by atoms with E-state index in [1.807, 2.05) is 48.7 Å². The zero-order chi connectivity index (χ0) is 21.6. The Morgan fingerprint density at radius 2 is 2.00 bits per heavy atom. The highest BCUT2D eigenvalue weighted by Crippen LogP contribution is 2.26. The lowest BCUT2D eigenvalue weighted by molar-refractivity contribution is -0.118. The van der Waals surface area contributed by atoms with Gasteiger partial charge in [-0.1, -0.05) is 38.0 Å². The fraction of sp³-hybridized carbons (Fsp3) is 0.280. The SMILES string of the molecule is C[C@@H]1CCCC[C@@H]1NC(=O)/C(C#N)=C/c1cn(-c2ccccc2)nc1-c1cccnc1. The lowest BCUT2D eigenvalue weighted by Gasteiger charge is -2.29. The van der Waals surface area contributed by atoms with Crippen molar-refractivity contribution in [2.45, 2.75) is 38.6 Å². The Bertz CT molecular complexity index is 1110. The number of carbonyl (C=O) groups is 1. The molecule has 4 rings (SSSR count). The van der Waals surface area contributed by atoms with Gasteiger partial charge in [-0.05, 0) is 49.1 Å². The number of benzene rings is 1. The van der Waals surface area contributed by atoms with Crippen molar-refractivity contribution in [3.05, 3.63) is 72.2 Å². The highest BCUT2D eigenvalue weighted by molar-refractivity contribution is 6.02. The lowest BCUT2D eigenvalue weighted by atomic mass is 9.86. The molecule has 0 aliphatic heterocycles. The van der Waals surface area contributed by atoms with Crippen LogP contribution in [0, 0.1) is 17.2 Å². The van der Waals surface area contributed by atoms with Gasteiger partial charge in [-0.15, -0.1) is 0 Å². The van der Waals surface area contributed by atoms with Gasteiger partial charge in [0, 0.05) is 35.8 Å². The van der Waals surface area contributed by atoms with Crippen LogP contribution in [0.1, 0.15) is 38.2 Å². The lowest BCUT2D eigenvalue weighted by Crippen LogP contribution is -2.41. The van der Waals surface area contributed by atoms with E-state index in [4.69, 9.17) is 5.10 Å². The normalized spacial score (nSPS) is 18.9. The maximum atomic E-state index is 12.9. The van der Waals surface area contributed by atoms with Crippen molar-refractivity contribution in [3.8, 4) is 23.0 Å². The van der Waals surface area contributed by atoms with Crippen molar-refractivity contribution in [3.63, 3.8) is 0 Å². The van der Waals surface area contributed by atoms with E-state index < -0.39 is 0 Å². The van der Waals surface area contributed by atoms with Crippen LogP contribution in [0.4, 0.5) is 0 Å². The standard InChI is InChI=1S/C25H25N5O/c1-18-8-5-6-12-23(18)28-25(31)20(15-26)14-21-17-30(22-10-3-2-4-11-22)29-24(21)19-9-7-13-27-16-19/h2-4,7,9-11,13-14,16-18,23H,5-6,8,12H2,1H3,(H,28,31)/b20-14+/t18-,23+/m1/s1. The van der Waals surface area contributed by atoms with Crippen molar-refractivity contribution in [1.82, 2.24) is 20.1 Å². The number of carbonyl (C=O) groups excluding carboxylic acids is 1. The summed E-state index contributed by atoms with van der Waals surface area (Å²) in [6.45, 7) is 2.16. The molecule has 1 saturated carbocycles. The van der Waals surface area contributed by atoms with E-state index in [-0.39, 0.29) is 17.5 Å². The molecule has 0 unspecified atom stereocenters. The highest BCUT2D eigenvalue weighted by atomic mass is 16.1. The van der Waals surface area contributed by atoms with E-state index in [1.165, 1.54) is 6.42 Å². The molecule has 1 aliphatic rings. The molecule has 3 aromatic rings. The Balaban J connectivity index is 1.69. The number of nitrogens with zero attached hydrogens (tertiary/aromatic N) is 4. The topological polar surface area (TPSA) is 83.6 Å². The van der Waals surface area contributed by atoms with E-state index >= 15 is 0 Å². The predicted molar refractivity (Wildman–Crippen MR) is 120 cm³/mol. The first kappa shape index (κ1) is 20.5. The summed E-state index contributed by atoms with van der Waals surface area (Å²) in [5, 5.41) is 17.5. The number of hydrogen-bond donors (Lipinski definition) is 1. The van der Waals surface area contributed by atoms with Gasteiger partial charge >= 0.3 is 0 Å². The summed E-state index contributed by atoms with van der Waals surface area (Å²) in [6.07, 6.45) is 11.3. The zero-order valence-electron chi connectivity index (χ0n) is 17.5. The molecule has 156 valence electrons. The minimum Gasteiger partial charge on any atom is -0.348 e. The number of pyridine rings is 1. The number of aromatic nitrogens is 3. The summed E-state index contributed by atoms with van der Waals surface area (Å²) in [4.78, 5) is 17.1. The third-order valence-corrected chi connectivity index (χ3v) is 5.79. The Hall–Kier alpha value is -3.72. The second-order valence-corrected chi connectivity index (χ2v) is 7.97. The minimum atomic E-state index is -0.328. The largest absolute Gasteiger partial charge is 0.348 e.